The van der Waals surface area contributed by atoms with Crippen LogP contribution >= 0.6 is 15.8 Å². The highest BCUT2D eigenvalue weighted by atomic mass is 31.1. The lowest BCUT2D eigenvalue weighted by Gasteiger charge is -2.35. The van der Waals surface area contributed by atoms with Crippen molar-refractivity contribution < 1.29 is 0 Å². The normalized spacial score (nSPS) is 20.5. The third-order valence-electron chi connectivity index (χ3n) is 8.03. The summed E-state index contributed by atoms with van der Waals surface area (Å²) >= 11 is 0. The van der Waals surface area contributed by atoms with E-state index >= 15 is 0 Å². The van der Waals surface area contributed by atoms with Crippen LogP contribution in [0.4, 0.5) is 0 Å². The highest BCUT2D eigenvalue weighted by Gasteiger charge is 2.32. The van der Waals surface area contributed by atoms with E-state index in [1.165, 1.54) is 38.7 Å². The molecule has 2 aliphatic rings. The number of fused-ring (bicyclic) bond motifs is 6. The number of hydrogen-bond acceptors (Lipinski definition) is 0. The molecule has 0 aromatic heterocycles. The molecule has 4 bridgehead atoms. The topological polar surface area (TPSA) is 0 Å². The molecule has 0 N–H and O–H groups in total. The zero-order chi connectivity index (χ0) is 25.5. The summed E-state index contributed by atoms with van der Waals surface area (Å²) in [4.78, 5) is 0. The van der Waals surface area contributed by atoms with Crippen LogP contribution in [-0.4, -0.2) is 0 Å². The third-order valence-corrected chi connectivity index (χ3v) is 13.8. The monoisotopic (exact) mass is 516 g/mol. The summed E-state index contributed by atoms with van der Waals surface area (Å²) in [5.74, 6) is 0.438. The van der Waals surface area contributed by atoms with Crippen molar-refractivity contribution in [3.63, 3.8) is 0 Å². The number of aryl methyl sites for hydroxylation is 3. The highest BCUT2D eigenvalue weighted by molar-refractivity contribution is 7.81. The van der Waals surface area contributed by atoms with Crippen molar-refractivity contribution in [2.45, 2.75) is 46.2 Å². The van der Waals surface area contributed by atoms with Gasteiger partial charge in [0.05, 0.1) is 0 Å². The third kappa shape index (κ3) is 4.56. The van der Waals surface area contributed by atoms with E-state index in [9.17, 15) is 0 Å². The fourth-order valence-corrected chi connectivity index (χ4v) is 12.0. The molecule has 1 aliphatic carbocycles. The van der Waals surface area contributed by atoms with Gasteiger partial charge < -0.3 is 0 Å². The summed E-state index contributed by atoms with van der Waals surface area (Å²) in [6.07, 6.45) is 7.04. The molecule has 3 unspecified atom stereocenters. The van der Waals surface area contributed by atoms with E-state index in [1.54, 1.807) is 21.2 Å². The standard InChI is InChI=1S/C35H34P2/c1-24-11-5-7-13-30(24)23-36-32-15-9-10-16-33(32)37(31-14-8-6-12-25(31)2)35-22-29(20-18-27(35)4)28-19-17-26(3)34(36)21-28/h5-21,29H,22-23H2,1-4H3. The van der Waals surface area contributed by atoms with Crippen LogP contribution in [0, 0.1) is 20.8 Å². The molecule has 0 nitrogen and oxygen atoms in total. The molecule has 6 rings (SSSR count). The van der Waals surface area contributed by atoms with Crippen molar-refractivity contribution >= 4 is 37.1 Å². The first-order valence-corrected chi connectivity index (χ1v) is 16.1. The Labute approximate surface area is 224 Å². The van der Waals surface area contributed by atoms with E-state index in [1.807, 2.05) is 0 Å². The summed E-state index contributed by atoms with van der Waals surface area (Å²) in [5.41, 5.74) is 8.62. The number of hydrogen-bond donors (Lipinski definition) is 0. The van der Waals surface area contributed by atoms with Gasteiger partial charge in [-0.3, -0.25) is 0 Å². The lowest BCUT2D eigenvalue weighted by atomic mass is 9.90. The maximum absolute atomic E-state index is 2.56. The maximum Gasteiger partial charge on any atom is 0.00625 e. The lowest BCUT2D eigenvalue weighted by Crippen LogP contribution is -2.32. The molecular formula is C35H34P2. The summed E-state index contributed by atoms with van der Waals surface area (Å²) < 4.78 is 0. The quantitative estimate of drug-likeness (QED) is 0.242. The van der Waals surface area contributed by atoms with Crippen molar-refractivity contribution in [3.05, 3.63) is 142 Å². The van der Waals surface area contributed by atoms with E-state index in [2.05, 4.69) is 131 Å². The maximum atomic E-state index is 2.56. The minimum absolute atomic E-state index is 0.438. The van der Waals surface area contributed by atoms with Crippen molar-refractivity contribution in [2.24, 2.45) is 0 Å². The number of rotatable bonds is 3. The molecule has 0 amide bonds. The van der Waals surface area contributed by atoms with E-state index in [0.29, 0.717) is 5.92 Å². The highest BCUT2D eigenvalue weighted by Crippen LogP contribution is 2.54. The Morgan fingerprint density at radius 2 is 1.30 bits per heavy atom. The van der Waals surface area contributed by atoms with Crippen molar-refractivity contribution in [1.29, 1.82) is 0 Å². The number of allylic oxidation sites excluding steroid dienone is 4. The Hall–Kier alpha value is -2.78. The summed E-state index contributed by atoms with van der Waals surface area (Å²) in [5, 5.41) is 7.82. The molecule has 0 radical (unpaired) electrons. The van der Waals surface area contributed by atoms with Crippen LogP contribution in [0.15, 0.2) is 114 Å². The molecule has 0 saturated heterocycles. The first-order valence-electron chi connectivity index (χ1n) is 13.3. The molecule has 1 aliphatic heterocycles. The van der Waals surface area contributed by atoms with Crippen LogP contribution in [0.5, 0.6) is 0 Å². The summed E-state index contributed by atoms with van der Waals surface area (Å²) in [6.45, 7) is 9.22. The smallest absolute Gasteiger partial charge is 0.00625 e. The second kappa shape index (κ2) is 10.2. The van der Waals surface area contributed by atoms with E-state index < -0.39 is 15.8 Å². The van der Waals surface area contributed by atoms with Gasteiger partial charge in [-0.2, -0.15) is 0 Å². The lowest BCUT2D eigenvalue weighted by molar-refractivity contribution is 0.834. The molecule has 0 fully saturated rings. The van der Waals surface area contributed by atoms with Gasteiger partial charge in [0.1, 0.15) is 0 Å². The SMILES string of the molecule is CC1=C2CC(C=C1)c1ccc(C)c(c1)P(Cc1ccccc1C)c1ccccc1P2c1ccccc1C. The van der Waals surface area contributed by atoms with Crippen LogP contribution in [0.3, 0.4) is 0 Å². The van der Waals surface area contributed by atoms with Gasteiger partial charge in [0, 0.05) is 12.1 Å². The van der Waals surface area contributed by atoms with Crippen molar-refractivity contribution in [1.82, 2.24) is 0 Å². The van der Waals surface area contributed by atoms with Crippen molar-refractivity contribution in [3.8, 4) is 0 Å². The fourth-order valence-electron chi connectivity index (χ4n) is 5.81. The molecule has 3 atom stereocenters. The van der Waals surface area contributed by atoms with E-state index in [-0.39, 0.29) is 0 Å². The molecule has 2 heteroatoms. The van der Waals surface area contributed by atoms with E-state index in [0.717, 1.165) is 12.6 Å². The molecule has 0 saturated carbocycles. The Balaban J connectivity index is 1.67. The predicted octanol–water partition coefficient (Wildman–Crippen LogP) is 8.01. The molecular weight excluding hydrogens is 482 g/mol. The van der Waals surface area contributed by atoms with Gasteiger partial charge in [0.15, 0.2) is 0 Å². The van der Waals surface area contributed by atoms with Gasteiger partial charge in [0.25, 0.3) is 0 Å². The second-order valence-corrected chi connectivity index (χ2v) is 14.8. The largest absolute Gasteiger partial charge is 0.0764 e. The minimum atomic E-state index is -0.626. The molecule has 4 aromatic rings. The minimum Gasteiger partial charge on any atom is -0.0764 e. The van der Waals surface area contributed by atoms with Crippen molar-refractivity contribution in [2.75, 3.05) is 0 Å². The molecule has 0 spiro atoms. The van der Waals surface area contributed by atoms with Gasteiger partial charge >= 0.3 is 0 Å². The Morgan fingerprint density at radius 3 is 2.05 bits per heavy atom. The fraction of sp³-hybridized carbons (Fsp3) is 0.200. The first kappa shape index (κ1) is 24.6. The Morgan fingerprint density at radius 1 is 0.649 bits per heavy atom. The van der Waals surface area contributed by atoms with Crippen LogP contribution < -0.4 is 21.2 Å². The van der Waals surface area contributed by atoms with Crippen LogP contribution in [0.1, 0.15) is 47.1 Å². The Kier molecular flexibility index (Phi) is 6.75. The van der Waals surface area contributed by atoms with Crippen LogP contribution in [0.2, 0.25) is 0 Å². The number of benzene rings is 4. The van der Waals surface area contributed by atoms with Crippen LogP contribution in [-0.2, 0) is 6.16 Å². The first-order chi connectivity index (χ1) is 18.0. The Bertz CT molecular complexity index is 1540. The van der Waals surface area contributed by atoms with Gasteiger partial charge in [0.2, 0.25) is 0 Å². The van der Waals surface area contributed by atoms with Gasteiger partial charge in [-0.15, -0.1) is 0 Å². The average Bonchev–Trinajstić information content (AvgIpc) is 2.91. The molecule has 1 heterocycles. The average molecular weight is 517 g/mol. The molecule has 184 valence electrons. The molecule has 4 aromatic carbocycles. The summed E-state index contributed by atoms with van der Waals surface area (Å²) in [7, 11) is -1.20. The van der Waals surface area contributed by atoms with E-state index in [4.69, 9.17) is 0 Å². The second-order valence-electron chi connectivity index (χ2n) is 10.5. The zero-order valence-corrected chi connectivity index (χ0v) is 24.0. The zero-order valence-electron chi connectivity index (χ0n) is 22.2. The predicted molar refractivity (Wildman–Crippen MR) is 165 cm³/mol. The van der Waals surface area contributed by atoms with Gasteiger partial charge in [-0.1, -0.05) is 103 Å². The molecule has 37 heavy (non-hydrogen) atoms. The summed E-state index contributed by atoms with van der Waals surface area (Å²) in [6, 6.07) is 34.9. The van der Waals surface area contributed by atoms with Gasteiger partial charge in [-0.25, -0.2) is 0 Å². The van der Waals surface area contributed by atoms with Gasteiger partial charge in [-0.05, 0) is 110 Å². The van der Waals surface area contributed by atoms with Crippen LogP contribution in [0.25, 0.3) is 0 Å².